The maximum atomic E-state index is 13.5. The van der Waals surface area contributed by atoms with E-state index in [2.05, 4.69) is 5.32 Å². The number of nitrogens with one attached hydrogen (secondary N) is 1. The lowest BCUT2D eigenvalue weighted by molar-refractivity contribution is -0.141. The molecular formula is C26H35Cl2N3O4S. The fourth-order valence-corrected chi connectivity index (χ4v) is 5.29. The largest absolute Gasteiger partial charge is 0.352 e. The number of benzene rings is 2. The van der Waals surface area contributed by atoms with Crippen LogP contribution in [-0.4, -0.2) is 50.0 Å². The number of halogens is 2. The fourth-order valence-electron chi connectivity index (χ4n) is 3.81. The zero-order valence-electron chi connectivity index (χ0n) is 21.2. The summed E-state index contributed by atoms with van der Waals surface area (Å²) in [5.41, 5.74) is 1.09. The van der Waals surface area contributed by atoms with Crippen molar-refractivity contribution in [3.8, 4) is 0 Å². The highest BCUT2D eigenvalue weighted by atomic mass is 35.5. The Hall–Kier alpha value is -2.29. The number of nitrogens with zero attached hydrogens (tertiary/aromatic N) is 2. The van der Waals surface area contributed by atoms with Crippen LogP contribution in [0.25, 0.3) is 0 Å². The molecule has 0 unspecified atom stereocenters. The minimum atomic E-state index is -3.54. The molecule has 198 valence electrons. The van der Waals surface area contributed by atoms with Gasteiger partial charge in [-0.2, -0.15) is 0 Å². The van der Waals surface area contributed by atoms with E-state index in [-0.39, 0.29) is 43.8 Å². The van der Waals surface area contributed by atoms with Gasteiger partial charge in [-0.3, -0.25) is 13.9 Å². The molecule has 0 heterocycles. The summed E-state index contributed by atoms with van der Waals surface area (Å²) in [6.45, 7) is 5.92. The Bertz CT molecular complexity index is 1110. The van der Waals surface area contributed by atoms with E-state index in [0.29, 0.717) is 27.7 Å². The van der Waals surface area contributed by atoms with Crippen LogP contribution >= 0.6 is 23.2 Å². The first-order valence-electron chi connectivity index (χ1n) is 12.0. The summed E-state index contributed by atoms with van der Waals surface area (Å²) in [6.07, 6.45) is 2.62. The van der Waals surface area contributed by atoms with E-state index >= 15 is 0 Å². The number of sulfonamides is 1. The van der Waals surface area contributed by atoms with Crippen molar-refractivity contribution in [2.24, 2.45) is 0 Å². The van der Waals surface area contributed by atoms with Crippen molar-refractivity contribution in [1.29, 1.82) is 0 Å². The van der Waals surface area contributed by atoms with Crippen LogP contribution in [0.15, 0.2) is 48.5 Å². The maximum absolute atomic E-state index is 13.5. The number of para-hydroxylation sites is 1. The molecule has 2 amide bonds. The minimum absolute atomic E-state index is 0.0402. The van der Waals surface area contributed by atoms with E-state index in [0.717, 1.165) is 12.7 Å². The summed E-state index contributed by atoms with van der Waals surface area (Å²) in [5.74, 6) is -0.524. The Morgan fingerprint density at radius 1 is 0.972 bits per heavy atom. The lowest BCUT2D eigenvalue weighted by atomic mass is 10.1. The van der Waals surface area contributed by atoms with E-state index in [4.69, 9.17) is 23.2 Å². The van der Waals surface area contributed by atoms with Gasteiger partial charge in [-0.15, -0.1) is 0 Å². The molecule has 0 radical (unpaired) electrons. The third kappa shape index (κ3) is 8.39. The van der Waals surface area contributed by atoms with Crippen molar-refractivity contribution in [2.75, 3.05) is 17.1 Å². The fraction of sp³-hybridized carbons (Fsp3) is 0.462. The average molecular weight is 557 g/mol. The van der Waals surface area contributed by atoms with Crippen LogP contribution in [0.3, 0.4) is 0 Å². The van der Waals surface area contributed by atoms with Crippen molar-refractivity contribution < 1.29 is 18.0 Å². The van der Waals surface area contributed by atoms with Gasteiger partial charge < -0.3 is 10.2 Å². The van der Waals surface area contributed by atoms with E-state index in [1.807, 2.05) is 20.8 Å². The molecule has 7 nitrogen and oxygen atoms in total. The second kappa shape index (κ2) is 13.9. The van der Waals surface area contributed by atoms with Crippen molar-refractivity contribution in [3.05, 3.63) is 64.1 Å². The first-order valence-corrected chi connectivity index (χ1v) is 14.6. The molecule has 0 saturated carbocycles. The van der Waals surface area contributed by atoms with Gasteiger partial charge in [-0.25, -0.2) is 8.42 Å². The predicted molar refractivity (Wildman–Crippen MR) is 147 cm³/mol. The molecule has 2 aromatic rings. The van der Waals surface area contributed by atoms with Crippen molar-refractivity contribution in [2.45, 2.75) is 65.1 Å². The molecular weight excluding hydrogens is 521 g/mol. The zero-order valence-corrected chi connectivity index (χ0v) is 23.5. The molecule has 0 aliphatic heterocycles. The second-order valence-corrected chi connectivity index (χ2v) is 11.5. The van der Waals surface area contributed by atoms with Crippen LogP contribution in [-0.2, 0) is 26.2 Å². The van der Waals surface area contributed by atoms with E-state index in [1.54, 1.807) is 48.5 Å². The number of amides is 2. The summed E-state index contributed by atoms with van der Waals surface area (Å²) in [4.78, 5) is 28.1. The highest BCUT2D eigenvalue weighted by molar-refractivity contribution is 7.92. The molecule has 10 heteroatoms. The van der Waals surface area contributed by atoms with Gasteiger partial charge in [0, 0.05) is 41.2 Å². The number of carbonyl (C=O) groups excluding carboxylic acids is 2. The Labute approximate surface area is 224 Å². The van der Waals surface area contributed by atoms with Crippen LogP contribution in [0.1, 0.15) is 52.0 Å². The predicted octanol–water partition coefficient (Wildman–Crippen LogP) is 5.26. The molecule has 0 aliphatic rings. The molecule has 0 bridgehead atoms. The highest BCUT2D eigenvalue weighted by Crippen LogP contribution is 2.27. The smallest absolute Gasteiger partial charge is 0.243 e. The number of anilines is 1. The highest BCUT2D eigenvalue weighted by Gasteiger charge is 2.30. The number of rotatable bonds is 13. The Morgan fingerprint density at radius 2 is 1.58 bits per heavy atom. The molecule has 2 atom stereocenters. The quantitative estimate of drug-likeness (QED) is 0.365. The zero-order chi connectivity index (χ0) is 26.9. The third-order valence-corrected chi connectivity index (χ3v) is 7.88. The summed E-state index contributed by atoms with van der Waals surface area (Å²) in [7, 11) is -3.54. The summed E-state index contributed by atoms with van der Waals surface area (Å²) in [5, 5.41) is 3.77. The van der Waals surface area contributed by atoms with Gasteiger partial charge in [0.25, 0.3) is 0 Å². The third-order valence-electron chi connectivity index (χ3n) is 5.97. The molecule has 2 rings (SSSR count). The number of carbonyl (C=O) groups is 2. The maximum Gasteiger partial charge on any atom is 0.243 e. The second-order valence-electron chi connectivity index (χ2n) is 8.74. The van der Waals surface area contributed by atoms with Gasteiger partial charge in [0.2, 0.25) is 21.8 Å². The van der Waals surface area contributed by atoms with E-state index in [9.17, 15) is 18.0 Å². The molecule has 36 heavy (non-hydrogen) atoms. The monoisotopic (exact) mass is 555 g/mol. The standard InChI is InChI=1S/C26H35Cl2N3O4S/c1-5-19(3)29-26(33)24(6-2)30(18-21-22(27)14-10-15-23(21)28)25(32)16-11-17-31(36(4,34)35)20-12-8-7-9-13-20/h7-10,12-15,19,24H,5-6,11,16-18H2,1-4H3,(H,29,33)/t19-,24+/m1/s1. The summed E-state index contributed by atoms with van der Waals surface area (Å²) in [6, 6.07) is 13.1. The van der Waals surface area contributed by atoms with E-state index < -0.39 is 16.1 Å². The Balaban J connectivity index is 2.27. The lowest BCUT2D eigenvalue weighted by Crippen LogP contribution is -2.50. The lowest BCUT2D eigenvalue weighted by Gasteiger charge is -2.32. The van der Waals surface area contributed by atoms with E-state index in [1.165, 1.54) is 9.21 Å². The van der Waals surface area contributed by atoms with Gasteiger partial charge in [0.15, 0.2) is 0 Å². The van der Waals surface area contributed by atoms with Crippen molar-refractivity contribution in [1.82, 2.24) is 10.2 Å². The molecule has 0 saturated heterocycles. The molecule has 0 aliphatic carbocycles. The first kappa shape index (κ1) is 29.9. The van der Waals surface area contributed by atoms with Crippen molar-refractivity contribution >= 4 is 50.7 Å². The minimum Gasteiger partial charge on any atom is -0.352 e. The van der Waals surface area contributed by atoms with Gasteiger partial charge in [-0.05, 0) is 50.5 Å². The summed E-state index contributed by atoms with van der Waals surface area (Å²) < 4.78 is 26.0. The van der Waals surface area contributed by atoms with Crippen LogP contribution in [0.2, 0.25) is 10.0 Å². The normalized spacial score (nSPS) is 13.1. The SMILES string of the molecule is CC[C@@H](C)NC(=O)[C@H](CC)N(Cc1c(Cl)cccc1Cl)C(=O)CCCN(c1ccccc1)S(C)(=O)=O. The van der Waals surface area contributed by atoms with Gasteiger partial charge in [0.05, 0.1) is 11.9 Å². The first-order chi connectivity index (χ1) is 17.0. The molecule has 2 aromatic carbocycles. The van der Waals surface area contributed by atoms with Crippen LogP contribution < -0.4 is 9.62 Å². The van der Waals surface area contributed by atoms with Gasteiger partial charge in [-0.1, -0.05) is 61.3 Å². The number of hydrogen-bond donors (Lipinski definition) is 1. The van der Waals surface area contributed by atoms with Crippen LogP contribution in [0.5, 0.6) is 0 Å². The Kier molecular flexibility index (Phi) is 11.5. The molecule has 1 N–H and O–H groups in total. The van der Waals surface area contributed by atoms with Crippen molar-refractivity contribution in [3.63, 3.8) is 0 Å². The average Bonchev–Trinajstić information content (AvgIpc) is 2.82. The van der Waals surface area contributed by atoms with Crippen LogP contribution in [0, 0.1) is 0 Å². The molecule has 0 fully saturated rings. The Morgan fingerprint density at radius 3 is 2.11 bits per heavy atom. The van der Waals surface area contributed by atoms with Gasteiger partial charge >= 0.3 is 0 Å². The molecule has 0 aromatic heterocycles. The molecule has 0 spiro atoms. The number of hydrogen-bond acceptors (Lipinski definition) is 4. The topological polar surface area (TPSA) is 86.8 Å². The van der Waals surface area contributed by atoms with Crippen LogP contribution in [0.4, 0.5) is 5.69 Å². The summed E-state index contributed by atoms with van der Waals surface area (Å²) >= 11 is 12.8. The van der Waals surface area contributed by atoms with Gasteiger partial charge in [0.1, 0.15) is 6.04 Å².